The highest BCUT2D eigenvalue weighted by atomic mass is 19.1. The molecular weight excluding hydrogens is 394 g/mol. The summed E-state index contributed by atoms with van der Waals surface area (Å²) in [6.45, 7) is 0.416. The highest BCUT2D eigenvalue weighted by molar-refractivity contribution is 6.67. The fourth-order valence-corrected chi connectivity index (χ4v) is 5.84. The summed E-state index contributed by atoms with van der Waals surface area (Å²) in [7, 11) is 0. The SMILES string of the molecule is N#CB1CCC2(CC1)CCC(n1ccc3cc(N4CCC(=O)NC4=O)c(F)cc31)CC2. The summed E-state index contributed by atoms with van der Waals surface area (Å²) in [5, 5.41) is 12.3. The number of nitrogens with one attached hydrogen (secondary N) is 1. The lowest BCUT2D eigenvalue weighted by molar-refractivity contribution is -0.120. The average molecular weight is 420 g/mol. The van der Waals surface area contributed by atoms with Crippen molar-refractivity contribution in [2.75, 3.05) is 11.4 Å². The molecule has 2 aliphatic heterocycles. The lowest BCUT2D eigenvalue weighted by Crippen LogP contribution is -2.49. The minimum Gasteiger partial charge on any atom is -0.344 e. The Morgan fingerprint density at radius 3 is 2.58 bits per heavy atom. The van der Waals surface area contributed by atoms with E-state index in [0.29, 0.717) is 11.5 Å². The van der Waals surface area contributed by atoms with Crippen LogP contribution in [0.15, 0.2) is 24.4 Å². The minimum absolute atomic E-state index is 0.170. The summed E-state index contributed by atoms with van der Waals surface area (Å²) in [5.41, 5.74) is 1.46. The Kier molecular flexibility index (Phi) is 5.00. The predicted octanol–water partition coefficient (Wildman–Crippen LogP) is 4.68. The Morgan fingerprint density at radius 1 is 1.16 bits per heavy atom. The highest BCUT2D eigenvalue weighted by Gasteiger charge is 2.40. The van der Waals surface area contributed by atoms with E-state index in [1.54, 1.807) is 6.07 Å². The van der Waals surface area contributed by atoms with E-state index in [1.165, 1.54) is 11.0 Å². The third-order valence-electron chi connectivity index (χ3n) is 7.77. The number of carbonyl (C=O) groups excluding carboxylic acids is 2. The van der Waals surface area contributed by atoms with E-state index in [9.17, 15) is 14.9 Å². The number of fused-ring (bicyclic) bond motifs is 1. The van der Waals surface area contributed by atoms with Gasteiger partial charge in [-0.2, -0.15) is 0 Å². The van der Waals surface area contributed by atoms with E-state index in [1.807, 2.05) is 12.3 Å². The molecule has 6 nitrogen and oxygen atoms in total. The molecule has 3 aliphatic rings. The second kappa shape index (κ2) is 7.70. The Balaban J connectivity index is 1.34. The molecule has 31 heavy (non-hydrogen) atoms. The van der Waals surface area contributed by atoms with Crippen LogP contribution in [0, 0.1) is 22.5 Å². The van der Waals surface area contributed by atoms with Crippen molar-refractivity contribution >= 4 is 35.2 Å². The van der Waals surface area contributed by atoms with Gasteiger partial charge in [-0.05, 0) is 43.2 Å². The number of nitriles is 1. The number of anilines is 1. The van der Waals surface area contributed by atoms with Crippen molar-refractivity contribution in [3.63, 3.8) is 0 Å². The van der Waals surface area contributed by atoms with Crippen LogP contribution in [0.3, 0.4) is 0 Å². The molecule has 1 aromatic heterocycles. The lowest BCUT2D eigenvalue weighted by Gasteiger charge is -2.44. The molecule has 1 aliphatic carbocycles. The molecule has 0 radical (unpaired) electrons. The number of urea groups is 1. The monoisotopic (exact) mass is 420 g/mol. The first-order chi connectivity index (χ1) is 15.0. The Morgan fingerprint density at radius 2 is 1.90 bits per heavy atom. The number of halogens is 1. The van der Waals surface area contributed by atoms with Gasteiger partial charge < -0.3 is 4.57 Å². The average Bonchev–Trinajstić information content (AvgIpc) is 3.17. The molecule has 3 amide bonds. The van der Waals surface area contributed by atoms with E-state index < -0.39 is 11.8 Å². The number of aromatic nitrogens is 1. The van der Waals surface area contributed by atoms with E-state index in [0.717, 1.165) is 62.1 Å². The van der Waals surface area contributed by atoms with Gasteiger partial charge in [0.25, 0.3) is 6.71 Å². The van der Waals surface area contributed by atoms with Crippen molar-refractivity contribution < 1.29 is 14.0 Å². The van der Waals surface area contributed by atoms with Gasteiger partial charge in [-0.3, -0.25) is 15.0 Å². The van der Waals surface area contributed by atoms with Crippen LogP contribution in [0.2, 0.25) is 12.6 Å². The van der Waals surface area contributed by atoms with Crippen molar-refractivity contribution in [1.82, 2.24) is 9.88 Å². The first kappa shape index (κ1) is 20.1. The molecule has 0 atom stereocenters. The zero-order valence-electron chi connectivity index (χ0n) is 17.6. The maximum Gasteiger partial charge on any atom is 0.328 e. The molecule has 1 N–H and O–H groups in total. The molecular formula is C23H26BFN4O2. The molecule has 8 heteroatoms. The Hall–Kier alpha value is -2.82. The number of carbonyl (C=O) groups is 2. The summed E-state index contributed by atoms with van der Waals surface area (Å²) >= 11 is 0. The number of hydrogen-bond donors (Lipinski definition) is 1. The fourth-order valence-electron chi connectivity index (χ4n) is 5.84. The fraction of sp³-hybridized carbons (Fsp3) is 0.522. The molecule has 0 unspecified atom stereocenters. The van der Waals surface area contributed by atoms with Crippen molar-refractivity contribution in [2.45, 2.75) is 63.6 Å². The highest BCUT2D eigenvalue weighted by Crippen LogP contribution is 2.50. The van der Waals surface area contributed by atoms with Gasteiger partial charge in [-0.15, -0.1) is 0 Å². The molecule has 1 spiro atoms. The number of benzene rings is 1. The quantitative estimate of drug-likeness (QED) is 0.717. The number of imide groups is 1. The van der Waals surface area contributed by atoms with Crippen LogP contribution < -0.4 is 10.2 Å². The maximum absolute atomic E-state index is 15.0. The van der Waals surface area contributed by atoms with Gasteiger partial charge in [-0.25, -0.2) is 14.4 Å². The smallest absolute Gasteiger partial charge is 0.328 e. The topological polar surface area (TPSA) is 78.1 Å². The zero-order chi connectivity index (χ0) is 21.6. The standard InChI is InChI=1S/C23H26BFN4O2/c25-18-14-19-16(13-20(18)29-12-4-21(30)27-22(29)31)3-11-28(19)17-1-5-23(6-2-17)7-9-24(15-26)10-8-23/h3,11,13-14,17H,1-2,4-10,12H2,(H,27,30,31). The van der Waals surface area contributed by atoms with Crippen LogP contribution in [0.1, 0.15) is 51.0 Å². The van der Waals surface area contributed by atoms with Gasteiger partial charge in [0.2, 0.25) is 5.91 Å². The summed E-state index contributed by atoms with van der Waals surface area (Å²) in [6.07, 6.45) is 11.0. The summed E-state index contributed by atoms with van der Waals surface area (Å²) < 4.78 is 17.2. The lowest BCUT2D eigenvalue weighted by atomic mass is 9.38. The van der Waals surface area contributed by atoms with Crippen LogP contribution >= 0.6 is 0 Å². The van der Waals surface area contributed by atoms with Gasteiger partial charge in [0, 0.05) is 42.6 Å². The molecule has 0 bridgehead atoms. The van der Waals surface area contributed by atoms with E-state index in [-0.39, 0.29) is 31.3 Å². The van der Waals surface area contributed by atoms with Crippen molar-refractivity contribution in [3.8, 4) is 5.97 Å². The molecule has 3 fully saturated rings. The third kappa shape index (κ3) is 3.60. The van der Waals surface area contributed by atoms with Gasteiger partial charge in [-0.1, -0.05) is 25.5 Å². The summed E-state index contributed by atoms with van der Waals surface area (Å²) in [5.74, 6) is 1.66. The number of amides is 3. The minimum atomic E-state index is -0.572. The Labute approximate surface area is 181 Å². The van der Waals surface area contributed by atoms with Crippen LogP contribution in [0.5, 0.6) is 0 Å². The molecule has 1 saturated carbocycles. The number of hydrogen-bond acceptors (Lipinski definition) is 3. The van der Waals surface area contributed by atoms with Gasteiger partial charge >= 0.3 is 6.03 Å². The second-order valence-electron chi connectivity index (χ2n) is 9.47. The molecule has 2 aromatic rings. The van der Waals surface area contributed by atoms with Crippen LogP contribution in [-0.2, 0) is 4.79 Å². The summed E-state index contributed by atoms with van der Waals surface area (Å²) in [6, 6.07) is 4.99. The first-order valence-corrected chi connectivity index (χ1v) is 11.3. The molecule has 5 rings (SSSR count). The Bertz CT molecular complexity index is 1070. The van der Waals surface area contributed by atoms with E-state index in [2.05, 4.69) is 15.9 Å². The molecule has 1 aromatic carbocycles. The van der Waals surface area contributed by atoms with Gasteiger partial charge in [0.1, 0.15) is 5.82 Å². The van der Waals surface area contributed by atoms with Crippen LogP contribution in [0.25, 0.3) is 10.9 Å². The second-order valence-corrected chi connectivity index (χ2v) is 9.47. The van der Waals surface area contributed by atoms with E-state index in [4.69, 9.17) is 0 Å². The van der Waals surface area contributed by atoms with Gasteiger partial charge in [0.05, 0.1) is 11.2 Å². The summed E-state index contributed by atoms with van der Waals surface area (Å²) in [4.78, 5) is 24.8. The van der Waals surface area contributed by atoms with Crippen molar-refractivity contribution in [1.29, 1.82) is 5.26 Å². The van der Waals surface area contributed by atoms with Crippen LogP contribution in [0.4, 0.5) is 14.9 Å². The number of rotatable bonds is 2. The van der Waals surface area contributed by atoms with Crippen molar-refractivity contribution in [2.24, 2.45) is 5.41 Å². The first-order valence-electron chi connectivity index (χ1n) is 11.3. The third-order valence-corrected chi connectivity index (χ3v) is 7.77. The maximum atomic E-state index is 15.0. The van der Waals surface area contributed by atoms with Crippen molar-refractivity contribution in [3.05, 3.63) is 30.2 Å². The van der Waals surface area contributed by atoms with Gasteiger partial charge in [0.15, 0.2) is 0 Å². The molecule has 2 saturated heterocycles. The molecule has 160 valence electrons. The number of nitrogens with zero attached hydrogens (tertiary/aromatic N) is 3. The zero-order valence-corrected chi connectivity index (χ0v) is 17.6. The normalized spacial score (nSPS) is 22.1. The molecule has 3 heterocycles. The predicted molar refractivity (Wildman–Crippen MR) is 118 cm³/mol. The van der Waals surface area contributed by atoms with Crippen LogP contribution in [-0.4, -0.2) is 29.8 Å². The largest absolute Gasteiger partial charge is 0.344 e. The van der Waals surface area contributed by atoms with E-state index >= 15 is 4.39 Å².